The molecule has 0 saturated carbocycles. The quantitative estimate of drug-likeness (QED) is 0.163. The number of amides is 2. The van der Waals surface area contributed by atoms with Crippen molar-refractivity contribution in [2.75, 3.05) is 26.7 Å². The lowest BCUT2D eigenvalue weighted by Crippen LogP contribution is -2.56. The van der Waals surface area contributed by atoms with Gasteiger partial charge in [-0.05, 0) is 44.6 Å². The largest absolute Gasteiger partial charge is 0.354 e. The Labute approximate surface area is 184 Å². The van der Waals surface area contributed by atoms with Crippen molar-refractivity contribution >= 4 is 25.4 Å². The smallest absolute Gasteiger partial charge is 0.342 e. The van der Waals surface area contributed by atoms with Gasteiger partial charge in [0.05, 0.1) is 12.6 Å². The molecule has 1 aliphatic rings. The van der Waals surface area contributed by atoms with Crippen molar-refractivity contribution in [3.05, 3.63) is 0 Å². The number of nitrogens with zero attached hydrogens (tertiary/aromatic N) is 2. The Hall–Kier alpha value is -1.52. The van der Waals surface area contributed by atoms with Gasteiger partial charge < -0.3 is 26.2 Å². The van der Waals surface area contributed by atoms with E-state index in [-0.39, 0.29) is 18.2 Å². The van der Waals surface area contributed by atoms with Crippen molar-refractivity contribution in [3.8, 4) is 0 Å². The fourth-order valence-corrected chi connectivity index (χ4v) is 4.23. The van der Waals surface area contributed by atoms with Gasteiger partial charge in [0.2, 0.25) is 11.9 Å². The summed E-state index contributed by atoms with van der Waals surface area (Å²) in [7, 11) is -2.82. The highest BCUT2D eigenvalue weighted by Crippen LogP contribution is 2.41. The highest BCUT2D eigenvalue weighted by Gasteiger charge is 2.34. The maximum atomic E-state index is 13.1. The molecule has 0 fully saturated rings. The first-order chi connectivity index (χ1) is 14.5. The van der Waals surface area contributed by atoms with Crippen molar-refractivity contribution in [2.24, 2.45) is 16.6 Å². The van der Waals surface area contributed by atoms with Crippen LogP contribution < -0.4 is 21.7 Å². The van der Waals surface area contributed by atoms with Gasteiger partial charge in [-0.25, -0.2) is 0 Å². The Morgan fingerprint density at radius 1 is 1.29 bits per heavy atom. The molecule has 0 aromatic carbocycles. The number of carbonyl (C=O) groups excluding carboxylic acids is 2. The molecule has 180 valence electrons. The monoisotopic (exact) mass is 462 g/mol. The molecule has 12 heteroatoms. The fourth-order valence-electron chi connectivity index (χ4n) is 3.38. The van der Waals surface area contributed by atoms with Gasteiger partial charge in [0.15, 0.2) is 0 Å². The summed E-state index contributed by atoms with van der Waals surface area (Å²) in [4.78, 5) is 50.9. The molecule has 31 heavy (non-hydrogen) atoms. The minimum Gasteiger partial charge on any atom is -0.354 e. The molecule has 0 aliphatic carbocycles. The molecule has 0 bridgehead atoms. The molecule has 0 aromatic rings. The van der Waals surface area contributed by atoms with Gasteiger partial charge in [-0.3, -0.25) is 29.4 Å². The molecule has 0 unspecified atom stereocenters. The second-order valence-corrected chi connectivity index (χ2v) is 10.0. The van der Waals surface area contributed by atoms with Gasteiger partial charge in [-0.2, -0.15) is 0 Å². The predicted molar refractivity (Wildman–Crippen MR) is 120 cm³/mol. The first-order valence-corrected chi connectivity index (χ1v) is 12.6. The Kier molecular flexibility index (Phi) is 11.6. The Morgan fingerprint density at radius 2 is 1.97 bits per heavy atom. The van der Waals surface area contributed by atoms with Gasteiger partial charge >= 0.3 is 7.60 Å². The van der Waals surface area contributed by atoms with Crippen molar-refractivity contribution < 1.29 is 23.9 Å². The minimum absolute atomic E-state index is 0.101. The first-order valence-electron chi connectivity index (χ1n) is 10.9. The summed E-state index contributed by atoms with van der Waals surface area (Å²) in [5.41, 5.74) is 5.57. The average Bonchev–Trinajstić information content (AvgIpc) is 3.22. The van der Waals surface area contributed by atoms with Crippen LogP contribution >= 0.6 is 7.60 Å². The normalized spacial score (nSPS) is 17.0. The molecule has 0 radical (unpaired) electrons. The van der Waals surface area contributed by atoms with Crippen LogP contribution in [0.15, 0.2) is 4.99 Å². The fraction of sp³-hybridized carbons (Fsp3) is 0.842. The molecule has 3 atom stereocenters. The third-order valence-corrected chi connectivity index (χ3v) is 6.40. The van der Waals surface area contributed by atoms with Crippen molar-refractivity contribution in [3.63, 3.8) is 0 Å². The number of nitrogens with two attached hydrogens (primary N) is 1. The summed E-state index contributed by atoms with van der Waals surface area (Å²) < 4.78 is 11.8. The highest BCUT2D eigenvalue weighted by molar-refractivity contribution is 7.52. The van der Waals surface area contributed by atoms with E-state index in [2.05, 4.69) is 20.9 Å². The van der Waals surface area contributed by atoms with E-state index in [9.17, 15) is 23.9 Å². The zero-order valence-electron chi connectivity index (χ0n) is 19.0. The molecule has 0 aromatic heterocycles. The van der Waals surface area contributed by atoms with E-state index in [1.165, 1.54) is 4.90 Å². The van der Waals surface area contributed by atoms with Gasteiger partial charge in [0.25, 0.3) is 5.91 Å². The molecule has 1 rings (SSSR count). The molecule has 0 spiro atoms. The van der Waals surface area contributed by atoms with Crippen LogP contribution in [-0.2, 0) is 14.2 Å². The lowest BCUT2D eigenvalue weighted by Gasteiger charge is -2.29. The third-order valence-electron chi connectivity index (χ3n) is 5.08. The Morgan fingerprint density at radius 3 is 2.45 bits per heavy atom. The van der Waals surface area contributed by atoms with Crippen LogP contribution in [0.25, 0.3) is 0 Å². The number of aliphatic imine (C=N–C) groups is 1. The highest BCUT2D eigenvalue weighted by atomic mass is 31.2. The second-order valence-electron chi connectivity index (χ2n) is 8.24. The van der Waals surface area contributed by atoms with Crippen molar-refractivity contribution in [1.82, 2.24) is 20.9 Å². The van der Waals surface area contributed by atoms with Crippen LogP contribution in [0.4, 0.5) is 0 Å². The molecular weight excluding hydrogens is 423 g/mol. The summed E-state index contributed by atoms with van der Waals surface area (Å²) in [5.74, 6) is -1.32. The summed E-state index contributed by atoms with van der Waals surface area (Å²) in [5, 5.41) is 8.65. The van der Waals surface area contributed by atoms with E-state index < -0.39 is 31.4 Å². The Bertz CT molecular complexity index is 668. The zero-order valence-corrected chi connectivity index (χ0v) is 19.9. The first kappa shape index (κ1) is 27.5. The van der Waals surface area contributed by atoms with E-state index in [4.69, 9.17) is 5.73 Å². The van der Waals surface area contributed by atoms with Gasteiger partial charge in [0.1, 0.15) is 11.8 Å². The van der Waals surface area contributed by atoms with E-state index >= 15 is 0 Å². The van der Waals surface area contributed by atoms with Gasteiger partial charge in [-0.1, -0.05) is 20.8 Å². The number of rotatable bonds is 13. The van der Waals surface area contributed by atoms with Crippen LogP contribution in [0, 0.1) is 5.92 Å². The zero-order chi connectivity index (χ0) is 23.6. The predicted octanol–water partition coefficient (Wildman–Crippen LogP) is -0.0641. The number of nitrogens with one attached hydrogen (secondary N) is 3. The molecule has 1 aliphatic heterocycles. The summed E-state index contributed by atoms with van der Waals surface area (Å²) >= 11 is 0. The summed E-state index contributed by atoms with van der Waals surface area (Å²) in [6.45, 7) is 7.20. The van der Waals surface area contributed by atoms with E-state index in [1.807, 2.05) is 13.8 Å². The van der Waals surface area contributed by atoms with Crippen LogP contribution in [0.2, 0.25) is 0 Å². The average molecular weight is 463 g/mol. The standard InChI is InChI=1S/C19H39N6O5P/c1-5-16(31(28,29)30)23-15(12-13(2)3)17(26)24-14(8-6-7-9-20)18(27)25(4)19-21-10-11-22-19/h13-16,23H,5-12,20H2,1-4H3,(H,21,22)(H,24,26)(H2,28,29,30)/t14-,15-,16-/m0/s1. The third kappa shape index (κ3) is 9.24. The number of carbonyl (C=O) groups is 2. The van der Waals surface area contributed by atoms with E-state index in [1.54, 1.807) is 14.0 Å². The summed E-state index contributed by atoms with van der Waals surface area (Å²) in [6, 6.07) is -1.63. The van der Waals surface area contributed by atoms with Crippen LogP contribution in [0.1, 0.15) is 52.9 Å². The minimum atomic E-state index is -4.42. The SMILES string of the molecule is CC[C@@H](N[C@@H](CC(C)C)C(=O)N[C@@H](CCCCN)C(=O)N(C)C1=NCCN1)P(=O)(O)O. The molecule has 1 heterocycles. The number of guanidine groups is 1. The number of hydrogen-bond donors (Lipinski definition) is 6. The van der Waals surface area contributed by atoms with E-state index in [0.717, 1.165) is 0 Å². The molecule has 0 saturated heterocycles. The molecule has 11 nitrogen and oxygen atoms in total. The summed E-state index contributed by atoms with van der Waals surface area (Å²) in [6.07, 6.45) is 2.31. The maximum Gasteiger partial charge on any atom is 0.342 e. The molecular formula is C19H39N6O5P. The van der Waals surface area contributed by atoms with Crippen molar-refractivity contribution in [1.29, 1.82) is 0 Å². The van der Waals surface area contributed by atoms with Gasteiger partial charge in [0, 0.05) is 13.6 Å². The van der Waals surface area contributed by atoms with Crippen LogP contribution in [0.5, 0.6) is 0 Å². The lowest BCUT2D eigenvalue weighted by atomic mass is 10.0. The maximum absolute atomic E-state index is 13.1. The molecule has 7 N–H and O–H groups in total. The Balaban J connectivity index is 2.98. The second kappa shape index (κ2) is 13.1. The number of hydrogen-bond acceptors (Lipinski definition) is 7. The van der Waals surface area contributed by atoms with E-state index in [0.29, 0.717) is 51.3 Å². The number of unbranched alkanes of at least 4 members (excludes halogenated alkanes) is 1. The number of likely N-dealkylation sites (N-methyl/N-ethyl adjacent to an activating group) is 1. The molecule has 2 amide bonds. The topological polar surface area (TPSA) is 169 Å². The van der Waals surface area contributed by atoms with Crippen molar-refractivity contribution in [2.45, 2.75) is 70.7 Å². The van der Waals surface area contributed by atoms with Crippen LogP contribution in [0.3, 0.4) is 0 Å². The van der Waals surface area contributed by atoms with Gasteiger partial charge in [-0.15, -0.1) is 0 Å². The lowest BCUT2D eigenvalue weighted by molar-refractivity contribution is -0.133. The van der Waals surface area contributed by atoms with Crippen LogP contribution in [-0.4, -0.2) is 77.0 Å².